The molecule has 3 N–H and O–H groups in total. The molecular formula is C13H15F2N3O3. The molecule has 4 unspecified atom stereocenters. The SMILES string of the molecule is NC1C2CCCOC2C1Nc1c([N+](=O)[O-])ccc(F)c1F. The van der Waals surface area contributed by atoms with Crippen molar-refractivity contribution in [1.29, 1.82) is 0 Å². The summed E-state index contributed by atoms with van der Waals surface area (Å²) in [7, 11) is 0. The van der Waals surface area contributed by atoms with E-state index < -0.39 is 34.0 Å². The van der Waals surface area contributed by atoms with Crippen molar-refractivity contribution in [3.05, 3.63) is 33.9 Å². The Kier molecular flexibility index (Phi) is 3.50. The number of benzene rings is 1. The normalized spacial score (nSPS) is 31.2. The van der Waals surface area contributed by atoms with Gasteiger partial charge in [-0.15, -0.1) is 0 Å². The summed E-state index contributed by atoms with van der Waals surface area (Å²) >= 11 is 0. The number of hydrogen-bond acceptors (Lipinski definition) is 5. The molecule has 0 aromatic heterocycles. The van der Waals surface area contributed by atoms with Gasteiger partial charge in [-0.25, -0.2) is 8.78 Å². The van der Waals surface area contributed by atoms with Gasteiger partial charge in [0.1, 0.15) is 0 Å². The average molecular weight is 299 g/mol. The van der Waals surface area contributed by atoms with Gasteiger partial charge in [-0.2, -0.15) is 0 Å². The van der Waals surface area contributed by atoms with Crippen LogP contribution in [-0.2, 0) is 4.74 Å². The van der Waals surface area contributed by atoms with Crippen molar-refractivity contribution in [2.45, 2.75) is 31.0 Å². The molecule has 1 aliphatic heterocycles. The molecule has 3 rings (SSSR count). The van der Waals surface area contributed by atoms with Crippen LogP contribution < -0.4 is 11.1 Å². The number of ether oxygens (including phenoxy) is 1. The van der Waals surface area contributed by atoms with Crippen LogP contribution in [0.4, 0.5) is 20.2 Å². The van der Waals surface area contributed by atoms with Crippen LogP contribution >= 0.6 is 0 Å². The molecule has 0 spiro atoms. The highest BCUT2D eigenvalue weighted by Gasteiger charge is 2.51. The van der Waals surface area contributed by atoms with E-state index in [1.807, 2.05) is 0 Å². The second-order valence-corrected chi connectivity index (χ2v) is 5.40. The highest BCUT2D eigenvalue weighted by Crippen LogP contribution is 2.40. The van der Waals surface area contributed by atoms with Gasteiger partial charge in [0.05, 0.1) is 17.1 Å². The topological polar surface area (TPSA) is 90.4 Å². The third-order valence-electron chi connectivity index (χ3n) is 4.26. The van der Waals surface area contributed by atoms with Crippen LogP contribution in [0.1, 0.15) is 12.8 Å². The fourth-order valence-corrected chi connectivity index (χ4v) is 3.12. The third kappa shape index (κ3) is 2.24. The Bertz CT molecular complexity index is 584. The Morgan fingerprint density at radius 2 is 2.19 bits per heavy atom. The summed E-state index contributed by atoms with van der Waals surface area (Å²) in [5, 5.41) is 13.6. The van der Waals surface area contributed by atoms with Gasteiger partial charge in [-0.1, -0.05) is 0 Å². The minimum Gasteiger partial charge on any atom is -0.376 e. The maximum absolute atomic E-state index is 13.9. The number of nitro groups is 1. The van der Waals surface area contributed by atoms with E-state index in [2.05, 4.69) is 5.32 Å². The Morgan fingerprint density at radius 1 is 1.43 bits per heavy atom. The fraction of sp³-hybridized carbons (Fsp3) is 0.538. The summed E-state index contributed by atoms with van der Waals surface area (Å²) in [5.74, 6) is -2.25. The van der Waals surface area contributed by atoms with Crippen molar-refractivity contribution in [2.75, 3.05) is 11.9 Å². The molecule has 1 saturated heterocycles. The summed E-state index contributed by atoms with van der Waals surface area (Å²) in [6, 6.07) is 0.923. The first-order valence-corrected chi connectivity index (χ1v) is 6.77. The quantitative estimate of drug-likeness (QED) is 0.656. The minimum absolute atomic E-state index is 0.159. The number of nitrogens with one attached hydrogen (secondary N) is 1. The van der Waals surface area contributed by atoms with Crippen molar-refractivity contribution in [2.24, 2.45) is 11.7 Å². The Morgan fingerprint density at radius 3 is 2.90 bits per heavy atom. The maximum Gasteiger partial charge on any atom is 0.295 e. The highest BCUT2D eigenvalue weighted by molar-refractivity contribution is 5.63. The molecule has 4 atom stereocenters. The van der Waals surface area contributed by atoms with Crippen LogP contribution in [0.5, 0.6) is 0 Å². The molecule has 8 heteroatoms. The molecule has 6 nitrogen and oxygen atoms in total. The van der Waals surface area contributed by atoms with Gasteiger partial charge in [-0.05, 0) is 18.9 Å². The van der Waals surface area contributed by atoms with Gasteiger partial charge in [-0.3, -0.25) is 10.1 Å². The minimum atomic E-state index is -1.27. The van der Waals surface area contributed by atoms with E-state index >= 15 is 0 Å². The van der Waals surface area contributed by atoms with Gasteiger partial charge in [0.15, 0.2) is 17.3 Å². The number of rotatable bonds is 3. The van der Waals surface area contributed by atoms with Gasteiger partial charge in [0, 0.05) is 24.6 Å². The van der Waals surface area contributed by atoms with Gasteiger partial charge in [0.2, 0.25) is 0 Å². The number of halogens is 2. The number of nitro benzene ring substituents is 1. The number of anilines is 1. The van der Waals surface area contributed by atoms with Crippen LogP contribution in [0.2, 0.25) is 0 Å². The van der Waals surface area contributed by atoms with Crippen LogP contribution in [0, 0.1) is 27.7 Å². The Hall–Kier alpha value is -1.80. The molecule has 2 aliphatic rings. The van der Waals surface area contributed by atoms with Crippen molar-refractivity contribution in [1.82, 2.24) is 0 Å². The molecule has 1 aromatic rings. The number of hydrogen-bond donors (Lipinski definition) is 2. The lowest BCUT2D eigenvalue weighted by Crippen LogP contribution is -2.69. The lowest BCUT2D eigenvalue weighted by Gasteiger charge is -2.52. The number of fused-ring (bicyclic) bond motifs is 1. The third-order valence-corrected chi connectivity index (χ3v) is 4.26. The van der Waals surface area contributed by atoms with Gasteiger partial charge in [0.25, 0.3) is 5.69 Å². The summed E-state index contributed by atoms with van der Waals surface area (Å²) in [6.07, 6.45) is 1.62. The standard InChI is InChI=1S/C13H15F2N3O3/c14-7-3-4-8(18(19)20)11(9(7)15)17-12-10(16)6-2-1-5-21-13(6)12/h3-4,6,10,12-13,17H,1-2,5,16H2. The molecular weight excluding hydrogens is 284 g/mol. The van der Waals surface area contributed by atoms with E-state index in [0.29, 0.717) is 6.61 Å². The van der Waals surface area contributed by atoms with Crippen LogP contribution in [-0.4, -0.2) is 29.7 Å². The zero-order valence-corrected chi connectivity index (χ0v) is 11.1. The van der Waals surface area contributed by atoms with Crippen molar-refractivity contribution in [3.63, 3.8) is 0 Å². The second-order valence-electron chi connectivity index (χ2n) is 5.40. The monoisotopic (exact) mass is 299 g/mol. The largest absolute Gasteiger partial charge is 0.376 e. The molecule has 0 radical (unpaired) electrons. The Labute approximate surface area is 119 Å². The van der Waals surface area contributed by atoms with Crippen LogP contribution in [0.25, 0.3) is 0 Å². The summed E-state index contributed by atoms with van der Waals surface area (Å²) in [5.41, 5.74) is 5.03. The van der Waals surface area contributed by atoms with E-state index in [-0.39, 0.29) is 18.1 Å². The molecule has 1 aromatic carbocycles. The van der Waals surface area contributed by atoms with E-state index in [1.54, 1.807) is 0 Å². The molecule has 1 aliphatic carbocycles. The molecule has 114 valence electrons. The maximum atomic E-state index is 13.9. The predicted octanol–water partition coefficient (Wildman–Crippen LogP) is 1.79. The summed E-state index contributed by atoms with van der Waals surface area (Å²) in [4.78, 5) is 10.2. The molecule has 2 fully saturated rings. The first kappa shape index (κ1) is 14.2. The fourth-order valence-electron chi connectivity index (χ4n) is 3.12. The van der Waals surface area contributed by atoms with Crippen molar-refractivity contribution in [3.8, 4) is 0 Å². The molecule has 21 heavy (non-hydrogen) atoms. The molecule has 1 saturated carbocycles. The number of nitrogens with two attached hydrogens (primary N) is 1. The van der Waals surface area contributed by atoms with Gasteiger partial charge >= 0.3 is 0 Å². The van der Waals surface area contributed by atoms with E-state index in [9.17, 15) is 18.9 Å². The highest BCUT2D eigenvalue weighted by atomic mass is 19.2. The summed E-state index contributed by atoms with van der Waals surface area (Å²) in [6.45, 7) is 0.583. The molecule has 0 bridgehead atoms. The first-order chi connectivity index (χ1) is 10.0. The smallest absolute Gasteiger partial charge is 0.295 e. The first-order valence-electron chi connectivity index (χ1n) is 6.77. The number of nitrogens with zero attached hydrogens (tertiary/aromatic N) is 1. The van der Waals surface area contributed by atoms with Crippen molar-refractivity contribution < 1.29 is 18.4 Å². The van der Waals surface area contributed by atoms with Crippen LogP contribution in [0.3, 0.4) is 0 Å². The molecule has 0 amide bonds. The van der Waals surface area contributed by atoms with E-state index in [0.717, 1.165) is 25.0 Å². The van der Waals surface area contributed by atoms with Gasteiger partial charge < -0.3 is 15.8 Å². The van der Waals surface area contributed by atoms with E-state index in [1.165, 1.54) is 0 Å². The predicted molar refractivity (Wildman–Crippen MR) is 70.9 cm³/mol. The average Bonchev–Trinajstić information content (AvgIpc) is 2.47. The molecule has 1 heterocycles. The second kappa shape index (κ2) is 5.19. The van der Waals surface area contributed by atoms with E-state index in [4.69, 9.17) is 10.5 Å². The lowest BCUT2D eigenvalue weighted by atomic mass is 9.68. The summed E-state index contributed by atoms with van der Waals surface area (Å²) < 4.78 is 32.8. The lowest BCUT2D eigenvalue weighted by molar-refractivity contribution is -0.384. The Balaban J connectivity index is 1.88. The van der Waals surface area contributed by atoms with Crippen molar-refractivity contribution >= 4 is 11.4 Å². The zero-order valence-electron chi connectivity index (χ0n) is 11.1. The van der Waals surface area contributed by atoms with Crippen LogP contribution in [0.15, 0.2) is 12.1 Å². The zero-order chi connectivity index (χ0) is 15.1.